The van der Waals surface area contributed by atoms with Gasteiger partial charge in [-0.05, 0) is 6.92 Å². The molecular formula is C27H38N2O16. The summed E-state index contributed by atoms with van der Waals surface area (Å²) in [5, 5.41) is 5.24. The number of fused-ring (bicyclic) bond motifs is 1. The molecule has 2 amide bonds. The van der Waals surface area contributed by atoms with Crippen LogP contribution >= 0.6 is 0 Å². The number of carbonyl (C=O) groups is 7. The molecule has 0 aromatic rings. The largest absolute Gasteiger partial charge is 0.463 e. The molecule has 0 bridgehead atoms. The molecule has 2 N–H and O–H groups in total. The Kier molecular flexibility index (Phi) is 12.2. The molecule has 3 aliphatic heterocycles. The minimum Gasteiger partial charge on any atom is -0.463 e. The number of rotatable bonds is 10. The molecule has 3 heterocycles. The third-order valence-corrected chi connectivity index (χ3v) is 6.78. The van der Waals surface area contributed by atoms with Crippen LogP contribution in [0.2, 0.25) is 0 Å². The smallest absolute Gasteiger partial charge is 0.305 e. The predicted octanol–water partition coefficient (Wildman–Crippen LogP) is -1.85. The summed E-state index contributed by atoms with van der Waals surface area (Å²) in [5.74, 6) is -4.90. The van der Waals surface area contributed by atoms with Gasteiger partial charge in [0.1, 0.15) is 55.8 Å². The first-order valence-corrected chi connectivity index (χ1v) is 14.0. The van der Waals surface area contributed by atoms with Gasteiger partial charge in [-0.3, -0.25) is 33.6 Å². The zero-order valence-electron chi connectivity index (χ0n) is 25.8. The third-order valence-electron chi connectivity index (χ3n) is 6.78. The molecule has 3 saturated heterocycles. The van der Waals surface area contributed by atoms with Gasteiger partial charge in [-0.15, -0.1) is 0 Å². The molecule has 18 nitrogen and oxygen atoms in total. The monoisotopic (exact) mass is 646 g/mol. The van der Waals surface area contributed by atoms with E-state index in [-0.39, 0.29) is 0 Å². The van der Waals surface area contributed by atoms with Crippen molar-refractivity contribution in [1.82, 2.24) is 10.6 Å². The molecule has 0 aromatic carbocycles. The molecule has 0 aliphatic carbocycles. The average molecular weight is 647 g/mol. The van der Waals surface area contributed by atoms with Crippen molar-refractivity contribution in [2.75, 3.05) is 13.2 Å². The molecule has 0 radical (unpaired) electrons. The fraction of sp³-hybridized carbons (Fsp3) is 0.741. The lowest BCUT2D eigenvalue weighted by atomic mass is 9.93. The van der Waals surface area contributed by atoms with Crippen LogP contribution in [0, 0.1) is 0 Å². The van der Waals surface area contributed by atoms with Crippen molar-refractivity contribution in [3.8, 4) is 0 Å². The Balaban J connectivity index is 2.08. The summed E-state index contributed by atoms with van der Waals surface area (Å²) in [7, 11) is 0. The quantitative estimate of drug-likeness (QED) is 0.196. The predicted molar refractivity (Wildman–Crippen MR) is 142 cm³/mol. The Bertz CT molecular complexity index is 1160. The second-order valence-corrected chi connectivity index (χ2v) is 10.6. The maximum Gasteiger partial charge on any atom is 0.305 e. The lowest BCUT2D eigenvalue weighted by Gasteiger charge is -2.51. The Labute approximate surface area is 257 Å². The molecule has 11 unspecified atom stereocenters. The first-order valence-electron chi connectivity index (χ1n) is 14.0. The summed E-state index contributed by atoms with van der Waals surface area (Å²) in [5.41, 5.74) is 0. The van der Waals surface area contributed by atoms with Gasteiger partial charge in [0.05, 0.1) is 0 Å². The molecule has 0 spiro atoms. The molecule has 11 atom stereocenters. The minimum atomic E-state index is -1.53. The summed E-state index contributed by atoms with van der Waals surface area (Å²) < 4.78 is 50.8. The number of amides is 2. The van der Waals surface area contributed by atoms with Gasteiger partial charge in [0.2, 0.25) is 18.1 Å². The first-order chi connectivity index (χ1) is 21.1. The van der Waals surface area contributed by atoms with E-state index < -0.39 is 122 Å². The maximum atomic E-state index is 12.7. The first kappa shape index (κ1) is 35.6. The van der Waals surface area contributed by atoms with Gasteiger partial charge in [0.15, 0.2) is 18.5 Å². The van der Waals surface area contributed by atoms with Gasteiger partial charge in [-0.1, -0.05) is 0 Å². The van der Waals surface area contributed by atoms with Gasteiger partial charge in [-0.2, -0.15) is 0 Å². The SMILES string of the molecule is CC(=O)NC1C(OC(C)=O)OC(COC(C)=O)C(OC2OC(COC(C)=O)C(OC(C)=O)C3OC(C)C(=O)NC23)C1OC(C)=O. The van der Waals surface area contributed by atoms with Crippen molar-refractivity contribution in [2.24, 2.45) is 0 Å². The number of morpholine rings is 1. The standard InChI is InChI=1S/C27H38N2O16/c1-10-25(36)29-20-23(39-10)21(40-14(5)33)17(8-37-12(3)31)44-27(20)45-22-18(9-38-13(4)32)43-26(42-16(7)35)19(28-11(2)30)24(22)41-15(6)34/h10,17-24,26-27H,8-9H2,1-7H3,(H,28,30)(H,29,36). The van der Waals surface area contributed by atoms with Crippen LogP contribution in [0.1, 0.15) is 48.5 Å². The van der Waals surface area contributed by atoms with Crippen molar-refractivity contribution < 1.29 is 76.2 Å². The van der Waals surface area contributed by atoms with Crippen LogP contribution in [-0.2, 0) is 76.2 Å². The van der Waals surface area contributed by atoms with Crippen LogP contribution < -0.4 is 10.6 Å². The molecule has 3 fully saturated rings. The Morgan fingerprint density at radius 3 is 1.71 bits per heavy atom. The van der Waals surface area contributed by atoms with E-state index in [1.54, 1.807) is 0 Å². The highest BCUT2D eigenvalue weighted by atomic mass is 16.8. The van der Waals surface area contributed by atoms with E-state index in [9.17, 15) is 33.6 Å². The number of esters is 5. The Hall–Kier alpha value is -3.87. The molecule has 45 heavy (non-hydrogen) atoms. The van der Waals surface area contributed by atoms with E-state index in [1.165, 1.54) is 6.92 Å². The summed E-state index contributed by atoms with van der Waals surface area (Å²) in [6, 6.07) is -2.50. The van der Waals surface area contributed by atoms with Crippen LogP contribution in [0.4, 0.5) is 0 Å². The second-order valence-electron chi connectivity index (χ2n) is 10.6. The zero-order valence-corrected chi connectivity index (χ0v) is 25.8. The van der Waals surface area contributed by atoms with Gasteiger partial charge in [0.25, 0.3) is 0 Å². The van der Waals surface area contributed by atoms with Crippen molar-refractivity contribution in [2.45, 2.75) is 116 Å². The molecular weight excluding hydrogens is 608 g/mol. The highest BCUT2D eigenvalue weighted by Gasteiger charge is 2.57. The van der Waals surface area contributed by atoms with Crippen molar-refractivity contribution in [3.63, 3.8) is 0 Å². The van der Waals surface area contributed by atoms with Crippen LogP contribution in [0.5, 0.6) is 0 Å². The van der Waals surface area contributed by atoms with Gasteiger partial charge >= 0.3 is 29.8 Å². The number of ether oxygens (including phenoxy) is 9. The molecule has 3 rings (SSSR count). The van der Waals surface area contributed by atoms with E-state index in [2.05, 4.69) is 10.6 Å². The van der Waals surface area contributed by atoms with E-state index in [1.807, 2.05) is 0 Å². The van der Waals surface area contributed by atoms with E-state index >= 15 is 0 Å². The number of carbonyl (C=O) groups excluding carboxylic acids is 7. The van der Waals surface area contributed by atoms with Crippen LogP contribution in [0.3, 0.4) is 0 Å². The molecule has 0 saturated carbocycles. The summed E-state index contributed by atoms with van der Waals surface area (Å²) in [6.45, 7) is 7.32. The number of hydrogen-bond acceptors (Lipinski definition) is 16. The fourth-order valence-electron chi connectivity index (χ4n) is 5.12. The molecule has 252 valence electrons. The summed E-state index contributed by atoms with van der Waals surface area (Å²) in [6.07, 6.45) is -11.7. The number of nitrogens with one attached hydrogen (secondary N) is 2. The van der Waals surface area contributed by atoms with Crippen LogP contribution in [-0.4, -0.2) is 122 Å². The highest BCUT2D eigenvalue weighted by Crippen LogP contribution is 2.35. The van der Waals surface area contributed by atoms with E-state index in [0.717, 1.165) is 41.5 Å². The second kappa shape index (κ2) is 15.4. The Morgan fingerprint density at radius 1 is 0.689 bits per heavy atom. The Morgan fingerprint density at radius 2 is 1.20 bits per heavy atom. The maximum absolute atomic E-state index is 12.7. The van der Waals surface area contributed by atoms with Gasteiger partial charge in [-0.25, -0.2) is 0 Å². The third kappa shape index (κ3) is 9.56. The molecule has 18 heteroatoms. The van der Waals surface area contributed by atoms with E-state index in [4.69, 9.17) is 42.6 Å². The number of hydrogen-bond donors (Lipinski definition) is 2. The minimum absolute atomic E-state index is 0.420. The average Bonchev–Trinajstić information content (AvgIpc) is 2.91. The lowest BCUT2D eigenvalue weighted by Crippen LogP contribution is -2.73. The highest BCUT2D eigenvalue weighted by molar-refractivity contribution is 5.81. The molecule has 3 aliphatic rings. The summed E-state index contributed by atoms with van der Waals surface area (Å²) in [4.78, 5) is 84.6. The zero-order chi connectivity index (χ0) is 33.6. The van der Waals surface area contributed by atoms with Crippen LogP contribution in [0.15, 0.2) is 0 Å². The summed E-state index contributed by atoms with van der Waals surface area (Å²) >= 11 is 0. The normalized spacial score (nSPS) is 34.2. The van der Waals surface area contributed by atoms with Crippen LogP contribution in [0.25, 0.3) is 0 Å². The topological polar surface area (TPSA) is 227 Å². The van der Waals surface area contributed by atoms with Gasteiger partial charge in [0, 0.05) is 41.5 Å². The van der Waals surface area contributed by atoms with Gasteiger partial charge < -0.3 is 53.3 Å². The van der Waals surface area contributed by atoms with Crippen molar-refractivity contribution in [1.29, 1.82) is 0 Å². The van der Waals surface area contributed by atoms with E-state index in [0.29, 0.717) is 0 Å². The molecule has 0 aromatic heterocycles. The van der Waals surface area contributed by atoms with Crippen molar-refractivity contribution >= 4 is 41.7 Å². The van der Waals surface area contributed by atoms with Crippen molar-refractivity contribution in [3.05, 3.63) is 0 Å². The lowest BCUT2D eigenvalue weighted by molar-refractivity contribution is -0.336. The fourth-order valence-corrected chi connectivity index (χ4v) is 5.12.